The Labute approximate surface area is 218 Å². The number of carbonyl (C=O) groups is 1. The quantitative estimate of drug-likeness (QED) is 0.348. The Hall–Kier alpha value is -3.11. The van der Waals surface area contributed by atoms with Gasteiger partial charge in [0.1, 0.15) is 11.8 Å². The third kappa shape index (κ3) is 4.25. The number of para-hydroxylation sites is 1. The van der Waals surface area contributed by atoms with Crippen molar-refractivity contribution in [3.8, 4) is 0 Å². The van der Waals surface area contributed by atoms with Gasteiger partial charge in [0.15, 0.2) is 13.9 Å². The maximum absolute atomic E-state index is 13.9. The molecule has 0 radical (unpaired) electrons. The maximum atomic E-state index is 13.9. The molecule has 1 spiro atoms. The summed E-state index contributed by atoms with van der Waals surface area (Å²) < 4.78 is 8.45. The molecule has 2 aromatic carbocycles. The predicted octanol–water partition coefficient (Wildman–Crippen LogP) is 3.78. The van der Waals surface area contributed by atoms with Gasteiger partial charge in [-0.25, -0.2) is 0 Å². The van der Waals surface area contributed by atoms with Gasteiger partial charge in [-0.1, -0.05) is 66.7 Å². The summed E-state index contributed by atoms with van der Waals surface area (Å²) >= 11 is 0. The number of benzene rings is 2. The molecule has 5 rings (SSSR count). The van der Waals surface area contributed by atoms with Crippen LogP contribution in [0.25, 0.3) is 0 Å². The summed E-state index contributed by atoms with van der Waals surface area (Å²) in [5.74, 6) is -0.306. The van der Waals surface area contributed by atoms with Crippen molar-refractivity contribution in [1.29, 1.82) is 0 Å². The van der Waals surface area contributed by atoms with E-state index in [0.29, 0.717) is 25.2 Å². The lowest BCUT2D eigenvalue weighted by Gasteiger charge is -2.32. The minimum atomic E-state index is -2.73. The van der Waals surface area contributed by atoms with Crippen molar-refractivity contribution >= 4 is 19.9 Å². The molecule has 194 valence electrons. The highest BCUT2D eigenvalue weighted by molar-refractivity contribution is 6.71. The summed E-state index contributed by atoms with van der Waals surface area (Å²) in [5, 5.41) is 19.1. The molecule has 3 aromatic rings. The Morgan fingerprint density at radius 1 is 1.19 bits per heavy atom. The topological polar surface area (TPSA) is 101 Å². The van der Waals surface area contributed by atoms with Crippen LogP contribution in [0.1, 0.15) is 36.3 Å². The van der Waals surface area contributed by atoms with Gasteiger partial charge in [-0.05, 0) is 31.1 Å². The molecule has 0 unspecified atom stereocenters. The number of aliphatic hydroxyl groups is 1. The predicted molar refractivity (Wildman–Crippen MR) is 143 cm³/mol. The van der Waals surface area contributed by atoms with Crippen LogP contribution in [-0.2, 0) is 21.7 Å². The summed E-state index contributed by atoms with van der Waals surface area (Å²) in [5.41, 5.74) is 1.61. The molecule has 2 N–H and O–H groups in total. The van der Waals surface area contributed by atoms with E-state index in [4.69, 9.17) is 4.74 Å². The standard InChI is InChI=1S/C28H34N4O4Si/c1-5-16-32-23-14-10-9-13-21(23)28(27(32)34)19(2)26(37(3,4)35)24(36-28)15-17-31-18-22(29-30-31)25(33)20-11-7-6-8-12-20/h5-14,18-19,24-26,33,35H,1,15-17H2,2-4H3/t19-,24+,25+,26-,28+/m0/s1. The van der Waals surface area contributed by atoms with Gasteiger partial charge in [-0.15, -0.1) is 11.7 Å². The van der Waals surface area contributed by atoms with Crippen molar-refractivity contribution in [2.75, 3.05) is 11.4 Å². The number of nitrogens with zero attached hydrogens (tertiary/aromatic N) is 4. The number of fused-ring (bicyclic) bond motifs is 2. The largest absolute Gasteiger partial charge is 0.432 e. The van der Waals surface area contributed by atoms with Crippen molar-refractivity contribution in [2.24, 2.45) is 5.92 Å². The molecule has 2 aliphatic rings. The molecule has 1 amide bonds. The van der Waals surface area contributed by atoms with Crippen LogP contribution in [0.15, 0.2) is 73.4 Å². The Morgan fingerprint density at radius 2 is 1.89 bits per heavy atom. The lowest BCUT2D eigenvalue weighted by Crippen LogP contribution is -2.46. The zero-order valence-corrected chi connectivity index (χ0v) is 22.5. The van der Waals surface area contributed by atoms with Crippen LogP contribution in [0.5, 0.6) is 0 Å². The van der Waals surface area contributed by atoms with Crippen LogP contribution in [0.4, 0.5) is 5.69 Å². The summed E-state index contributed by atoms with van der Waals surface area (Å²) in [4.78, 5) is 27.0. The van der Waals surface area contributed by atoms with Gasteiger partial charge in [-0.2, -0.15) is 0 Å². The summed E-state index contributed by atoms with van der Waals surface area (Å²) in [6, 6.07) is 17.1. The third-order valence-corrected chi connectivity index (χ3v) is 10.3. The second-order valence-corrected chi connectivity index (χ2v) is 14.6. The molecular formula is C28H34N4O4Si. The molecule has 2 aliphatic heterocycles. The number of aromatic nitrogens is 3. The smallest absolute Gasteiger partial charge is 0.264 e. The summed E-state index contributed by atoms with van der Waals surface area (Å²) in [7, 11) is -2.73. The van der Waals surface area contributed by atoms with E-state index >= 15 is 0 Å². The van der Waals surface area contributed by atoms with Crippen LogP contribution in [0.2, 0.25) is 18.6 Å². The van der Waals surface area contributed by atoms with Crippen LogP contribution in [-0.4, -0.2) is 51.8 Å². The average Bonchev–Trinajstić information content (AvgIpc) is 3.54. The second-order valence-electron chi connectivity index (χ2n) is 10.6. The van der Waals surface area contributed by atoms with Gasteiger partial charge in [0.25, 0.3) is 5.91 Å². The van der Waals surface area contributed by atoms with Gasteiger partial charge in [0.05, 0.1) is 18.0 Å². The fraction of sp³-hybridized carbons (Fsp3) is 0.393. The van der Waals surface area contributed by atoms with Crippen molar-refractivity contribution in [2.45, 2.75) is 56.3 Å². The number of rotatable bonds is 8. The lowest BCUT2D eigenvalue weighted by atomic mass is 9.82. The average molecular weight is 519 g/mol. The van der Waals surface area contributed by atoms with Gasteiger partial charge in [0, 0.05) is 30.1 Å². The van der Waals surface area contributed by atoms with E-state index in [0.717, 1.165) is 16.8 Å². The maximum Gasteiger partial charge on any atom is 0.264 e. The first-order valence-corrected chi connectivity index (χ1v) is 15.8. The minimum Gasteiger partial charge on any atom is -0.432 e. The highest BCUT2D eigenvalue weighted by Gasteiger charge is 2.65. The third-order valence-electron chi connectivity index (χ3n) is 7.80. The molecule has 1 aromatic heterocycles. The number of aryl methyl sites for hydroxylation is 1. The van der Waals surface area contributed by atoms with E-state index in [-0.39, 0.29) is 23.5 Å². The highest BCUT2D eigenvalue weighted by Crippen LogP contribution is 2.59. The Kier molecular flexibility index (Phi) is 6.65. The zero-order chi connectivity index (χ0) is 26.4. The van der Waals surface area contributed by atoms with Crippen LogP contribution in [0, 0.1) is 5.92 Å². The van der Waals surface area contributed by atoms with E-state index in [1.807, 2.05) is 74.6 Å². The number of hydrogen-bond acceptors (Lipinski definition) is 6. The number of carbonyl (C=O) groups excluding carboxylic acids is 1. The Morgan fingerprint density at radius 3 is 2.59 bits per heavy atom. The molecule has 0 saturated carbocycles. The van der Waals surface area contributed by atoms with Gasteiger partial charge >= 0.3 is 0 Å². The van der Waals surface area contributed by atoms with Gasteiger partial charge in [-0.3, -0.25) is 9.48 Å². The summed E-state index contributed by atoms with van der Waals surface area (Å²) in [6.45, 7) is 10.6. The number of anilines is 1. The molecule has 1 saturated heterocycles. The first-order valence-electron chi connectivity index (χ1n) is 12.7. The molecule has 5 atom stereocenters. The zero-order valence-electron chi connectivity index (χ0n) is 21.5. The van der Waals surface area contributed by atoms with Gasteiger partial charge < -0.3 is 19.5 Å². The van der Waals surface area contributed by atoms with Crippen molar-refractivity contribution in [3.05, 3.63) is 90.3 Å². The molecule has 0 bridgehead atoms. The van der Waals surface area contributed by atoms with Crippen molar-refractivity contribution in [3.63, 3.8) is 0 Å². The van der Waals surface area contributed by atoms with E-state index in [1.165, 1.54) is 0 Å². The van der Waals surface area contributed by atoms with E-state index in [9.17, 15) is 14.7 Å². The monoisotopic (exact) mass is 518 g/mol. The Bertz CT molecular complexity index is 1290. The molecule has 0 aliphatic carbocycles. The van der Waals surface area contributed by atoms with Gasteiger partial charge in [0.2, 0.25) is 0 Å². The molecule has 9 heteroatoms. The molecule has 8 nitrogen and oxygen atoms in total. The fourth-order valence-corrected chi connectivity index (χ4v) is 8.83. The summed E-state index contributed by atoms with van der Waals surface area (Å²) in [6.07, 6.45) is 2.81. The molecule has 3 heterocycles. The molecular weight excluding hydrogens is 484 g/mol. The lowest BCUT2D eigenvalue weighted by molar-refractivity contribution is -0.145. The Balaban J connectivity index is 1.41. The SMILES string of the molecule is C=CCN1C(=O)[C@]2(O[C@H](CCn3cc([C@H](O)c4ccccc4)nn3)[C@@H]([Si](C)(C)O)[C@@H]2C)c2ccccc21. The van der Waals surface area contributed by atoms with E-state index in [2.05, 4.69) is 16.9 Å². The van der Waals surface area contributed by atoms with Crippen molar-refractivity contribution in [1.82, 2.24) is 15.0 Å². The first kappa shape index (κ1) is 25.5. The van der Waals surface area contributed by atoms with E-state index < -0.39 is 20.0 Å². The second kappa shape index (κ2) is 9.64. The minimum absolute atomic E-state index is 0.0964. The molecule has 1 fully saturated rings. The highest BCUT2D eigenvalue weighted by atomic mass is 28.4. The molecule has 37 heavy (non-hydrogen) atoms. The van der Waals surface area contributed by atoms with Crippen LogP contribution < -0.4 is 4.90 Å². The number of amides is 1. The fourth-order valence-electron chi connectivity index (χ4n) is 6.23. The first-order chi connectivity index (χ1) is 17.7. The number of hydrogen-bond donors (Lipinski definition) is 2. The number of ether oxygens (including phenoxy) is 1. The van der Waals surface area contributed by atoms with Crippen molar-refractivity contribution < 1.29 is 19.4 Å². The van der Waals surface area contributed by atoms with Crippen LogP contribution in [0.3, 0.4) is 0 Å². The van der Waals surface area contributed by atoms with Crippen LogP contribution >= 0.6 is 0 Å². The normalized spacial score (nSPS) is 26.0. The van der Waals surface area contributed by atoms with E-state index in [1.54, 1.807) is 21.9 Å². The number of aliphatic hydroxyl groups excluding tert-OH is 1.